The van der Waals surface area contributed by atoms with E-state index in [0.29, 0.717) is 0 Å². The predicted octanol–water partition coefficient (Wildman–Crippen LogP) is -0.918. The van der Waals surface area contributed by atoms with Crippen LogP contribution in [0.2, 0.25) is 0 Å². The summed E-state index contributed by atoms with van der Waals surface area (Å²) in [6.45, 7) is -0.667. The van der Waals surface area contributed by atoms with Gasteiger partial charge >= 0.3 is 6.08 Å². The highest BCUT2D eigenvalue weighted by atomic mass is 19.1. The Balaban J connectivity index is 2.05. The molecular weight excluding hydrogens is 283 g/mol. The second kappa shape index (κ2) is 4.59. The molecule has 2 aromatic heterocycles. The highest BCUT2D eigenvalue weighted by molar-refractivity contribution is 5.81. The van der Waals surface area contributed by atoms with Gasteiger partial charge in [0, 0.05) is 6.42 Å². The van der Waals surface area contributed by atoms with Gasteiger partial charge in [-0.1, -0.05) is 0 Å². The number of nitrogens with two attached hydrogens (primary N) is 1. The molecule has 1 saturated heterocycles. The first-order chi connectivity index (χ1) is 10.0. The first-order valence-corrected chi connectivity index (χ1v) is 6.04. The molecule has 3 heterocycles. The molecule has 4 N–H and O–H groups in total. The molecule has 21 heavy (non-hydrogen) atoms. The fourth-order valence-electron chi connectivity index (χ4n) is 2.32. The summed E-state index contributed by atoms with van der Waals surface area (Å²) >= 11 is 0. The van der Waals surface area contributed by atoms with E-state index in [-0.39, 0.29) is 23.4 Å². The Morgan fingerprint density at radius 3 is 3.00 bits per heavy atom. The van der Waals surface area contributed by atoms with Crippen molar-refractivity contribution in [1.82, 2.24) is 19.5 Å². The maximum absolute atomic E-state index is 13.3. The summed E-state index contributed by atoms with van der Waals surface area (Å²) in [6, 6.07) is 1.75. The molecule has 10 heteroatoms. The van der Waals surface area contributed by atoms with Crippen molar-refractivity contribution < 1.29 is 19.3 Å². The number of rotatable bonds is 2. The van der Waals surface area contributed by atoms with Crippen molar-refractivity contribution >= 4 is 17.0 Å². The number of fused-ring (bicyclic) bond motifs is 1. The zero-order chi connectivity index (χ0) is 15.2. The zero-order valence-electron chi connectivity index (χ0n) is 10.6. The van der Waals surface area contributed by atoms with E-state index in [1.807, 2.05) is 0 Å². The topological polar surface area (TPSA) is 143 Å². The number of hydrogen-bond donors (Lipinski definition) is 3. The highest BCUT2D eigenvalue weighted by Crippen LogP contribution is 2.37. The Morgan fingerprint density at radius 2 is 2.38 bits per heavy atom. The van der Waals surface area contributed by atoms with Crippen molar-refractivity contribution in [1.29, 1.82) is 5.26 Å². The number of aliphatic hydroxyl groups is 2. The molecule has 9 nitrogen and oxygen atoms in total. The minimum Gasteiger partial charge on any atom is -0.392 e. The predicted molar refractivity (Wildman–Crippen MR) is 65.9 cm³/mol. The Labute approximate surface area is 117 Å². The average molecular weight is 294 g/mol. The third-order valence-electron chi connectivity index (χ3n) is 3.47. The van der Waals surface area contributed by atoms with Crippen LogP contribution in [0.1, 0.15) is 12.6 Å². The molecule has 2 aromatic rings. The molecular formula is C11H11FN6O3. The van der Waals surface area contributed by atoms with Crippen LogP contribution >= 0.6 is 0 Å². The molecule has 0 bridgehead atoms. The molecule has 0 aromatic carbocycles. The molecule has 1 aliphatic rings. The van der Waals surface area contributed by atoms with E-state index in [1.165, 1.54) is 10.9 Å². The third-order valence-corrected chi connectivity index (χ3v) is 3.47. The van der Waals surface area contributed by atoms with Gasteiger partial charge in [0.05, 0.1) is 12.9 Å². The fraction of sp³-hybridized carbons (Fsp3) is 0.455. The van der Waals surface area contributed by atoms with Gasteiger partial charge in [0.15, 0.2) is 17.0 Å². The molecule has 0 radical (unpaired) electrons. The maximum atomic E-state index is 13.3. The SMILES string of the molecule is N#CC1(CO)O[C@@H](n2cnc3c(N)nc(F)nc32)C[C@@H]1O. The van der Waals surface area contributed by atoms with Crippen LogP contribution in [0.25, 0.3) is 11.2 Å². The lowest BCUT2D eigenvalue weighted by atomic mass is 10.00. The Bertz CT molecular complexity index is 743. The summed E-state index contributed by atoms with van der Waals surface area (Å²) in [5.74, 6) is -0.122. The number of imidazole rings is 1. The molecule has 110 valence electrons. The molecule has 3 rings (SSSR count). The summed E-state index contributed by atoms with van der Waals surface area (Å²) in [7, 11) is 0. The minimum absolute atomic E-state index is 0.0190. The van der Waals surface area contributed by atoms with E-state index in [4.69, 9.17) is 15.7 Å². The third kappa shape index (κ3) is 1.90. The summed E-state index contributed by atoms with van der Waals surface area (Å²) in [5, 5.41) is 28.3. The summed E-state index contributed by atoms with van der Waals surface area (Å²) < 4.78 is 20.0. The van der Waals surface area contributed by atoms with Crippen LogP contribution in [0.5, 0.6) is 0 Å². The molecule has 3 atom stereocenters. The van der Waals surface area contributed by atoms with Crippen LogP contribution in [-0.4, -0.2) is 48.0 Å². The van der Waals surface area contributed by atoms with Gasteiger partial charge in [-0.15, -0.1) is 0 Å². The van der Waals surface area contributed by atoms with Crippen molar-refractivity contribution in [3.63, 3.8) is 0 Å². The van der Waals surface area contributed by atoms with Gasteiger partial charge in [-0.3, -0.25) is 4.57 Å². The van der Waals surface area contributed by atoms with Crippen LogP contribution in [-0.2, 0) is 4.74 Å². The summed E-state index contributed by atoms with van der Waals surface area (Å²) in [6.07, 6.45) is -1.72. The molecule has 0 aliphatic carbocycles. The number of nitriles is 1. The standard InChI is InChI=1S/C11H11FN6O3/c12-10-16-8(14)7-9(17-10)18(4-15-7)6-1-5(20)11(2-13,3-19)21-6/h4-6,19-20H,1,3H2,(H2,14,16,17)/t5-,6+,11?/m0/s1. The van der Waals surface area contributed by atoms with E-state index in [9.17, 15) is 14.6 Å². The van der Waals surface area contributed by atoms with Gasteiger partial charge in [-0.25, -0.2) is 4.98 Å². The van der Waals surface area contributed by atoms with Gasteiger partial charge in [-0.05, 0) is 0 Å². The largest absolute Gasteiger partial charge is 0.392 e. The lowest BCUT2D eigenvalue weighted by molar-refractivity contribution is -0.0904. The van der Waals surface area contributed by atoms with Gasteiger partial charge in [-0.2, -0.15) is 19.6 Å². The van der Waals surface area contributed by atoms with Crippen molar-refractivity contribution in [2.45, 2.75) is 24.4 Å². The van der Waals surface area contributed by atoms with Crippen molar-refractivity contribution in [2.24, 2.45) is 0 Å². The average Bonchev–Trinajstić information content (AvgIpc) is 3.00. The number of nitrogens with zero attached hydrogens (tertiary/aromatic N) is 5. The quantitative estimate of drug-likeness (QED) is 0.603. The number of aromatic nitrogens is 4. The number of aliphatic hydroxyl groups excluding tert-OH is 2. The first-order valence-electron chi connectivity index (χ1n) is 6.04. The zero-order valence-corrected chi connectivity index (χ0v) is 10.6. The molecule has 1 fully saturated rings. The van der Waals surface area contributed by atoms with Gasteiger partial charge < -0.3 is 20.7 Å². The smallest absolute Gasteiger partial charge is 0.312 e. The van der Waals surface area contributed by atoms with Crippen LogP contribution in [0.4, 0.5) is 10.2 Å². The van der Waals surface area contributed by atoms with Crippen LogP contribution < -0.4 is 5.73 Å². The number of anilines is 1. The summed E-state index contributed by atoms with van der Waals surface area (Å²) in [4.78, 5) is 10.9. The Morgan fingerprint density at radius 1 is 1.62 bits per heavy atom. The van der Waals surface area contributed by atoms with Gasteiger partial charge in [0.1, 0.15) is 18.4 Å². The molecule has 1 aliphatic heterocycles. The van der Waals surface area contributed by atoms with Gasteiger partial charge in [0.25, 0.3) is 0 Å². The second-order valence-electron chi connectivity index (χ2n) is 4.69. The number of hydrogen-bond acceptors (Lipinski definition) is 8. The Kier molecular flexibility index (Phi) is 2.98. The van der Waals surface area contributed by atoms with Crippen molar-refractivity contribution in [3.8, 4) is 6.07 Å². The molecule has 0 spiro atoms. The Hall–Kier alpha value is -2.35. The number of ether oxygens (including phenoxy) is 1. The second-order valence-corrected chi connectivity index (χ2v) is 4.69. The minimum atomic E-state index is -1.72. The molecule has 0 amide bonds. The lowest BCUT2D eigenvalue weighted by Gasteiger charge is -2.21. The summed E-state index contributed by atoms with van der Waals surface area (Å²) in [5.41, 5.74) is 4.10. The fourth-order valence-corrected chi connectivity index (χ4v) is 2.32. The maximum Gasteiger partial charge on any atom is 0.312 e. The molecule has 1 unspecified atom stereocenters. The highest BCUT2D eigenvalue weighted by Gasteiger charge is 2.49. The van der Waals surface area contributed by atoms with E-state index in [1.54, 1.807) is 6.07 Å². The number of halogens is 1. The van der Waals surface area contributed by atoms with Crippen molar-refractivity contribution in [2.75, 3.05) is 12.3 Å². The first kappa shape index (κ1) is 13.6. The van der Waals surface area contributed by atoms with Crippen molar-refractivity contribution in [3.05, 3.63) is 12.4 Å². The molecule has 0 saturated carbocycles. The normalized spacial score (nSPS) is 28.9. The van der Waals surface area contributed by atoms with Crippen LogP contribution in [0.3, 0.4) is 0 Å². The van der Waals surface area contributed by atoms with E-state index < -0.39 is 30.6 Å². The lowest BCUT2D eigenvalue weighted by Crippen LogP contribution is -2.41. The monoisotopic (exact) mass is 294 g/mol. The van der Waals surface area contributed by atoms with E-state index in [0.717, 1.165) is 0 Å². The van der Waals surface area contributed by atoms with Gasteiger partial charge in [0.2, 0.25) is 5.60 Å². The number of nitrogen functional groups attached to an aromatic ring is 1. The van der Waals surface area contributed by atoms with E-state index in [2.05, 4.69) is 15.0 Å². The van der Waals surface area contributed by atoms with E-state index >= 15 is 0 Å². The van der Waals surface area contributed by atoms with Crippen LogP contribution in [0, 0.1) is 17.4 Å². The van der Waals surface area contributed by atoms with Crippen LogP contribution in [0.15, 0.2) is 6.33 Å².